The van der Waals surface area contributed by atoms with Crippen molar-refractivity contribution in [1.82, 2.24) is 10.3 Å². The smallest absolute Gasteiger partial charge is 0.307 e. The Morgan fingerprint density at radius 2 is 2.08 bits per heavy atom. The molecule has 0 spiro atoms. The maximum atomic E-state index is 12.9. The zero-order valence-corrected chi connectivity index (χ0v) is 13.8. The Bertz CT molecular complexity index is 753. The van der Waals surface area contributed by atoms with E-state index in [0.717, 1.165) is 12.8 Å². The van der Waals surface area contributed by atoms with Crippen molar-refractivity contribution in [3.63, 3.8) is 0 Å². The number of benzene rings is 1. The molecule has 6 nitrogen and oxygen atoms in total. The van der Waals surface area contributed by atoms with E-state index in [1.54, 1.807) is 19.1 Å². The molecule has 1 aliphatic carbocycles. The average molecular weight is 346 g/mol. The molecular weight excluding hydrogens is 327 g/mol. The lowest BCUT2D eigenvalue weighted by atomic mass is 10.2. The summed E-state index contributed by atoms with van der Waals surface area (Å²) in [7, 11) is 0. The second-order valence-corrected chi connectivity index (χ2v) is 6.04. The molecule has 1 aromatic heterocycles. The van der Waals surface area contributed by atoms with Crippen LogP contribution in [0.2, 0.25) is 0 Å². The highest BCUT2D eigenvalue weighted by atomic mass is 19.1. The zero-order valence-electron chi connectivity index (χ0n) is 13.8. The summed E-state index contributed by atoms with van der Waals surface area (Å²) in [5.41, 5.74) is 0.702. The first-order chi connectivity index (χ1) is 12.0. The normalized spacial score (nSPS) is 14.8. The van der Waals surface area contributed by atoms with Gasteiger partial charge in [-0.25, -0.2) is 9.37 Å². The number of aryl methyl sites for hydroxylation is 1. The third kappa shape index (κ3) is 4.89. The highest BCUT2D eigenvalue weighted by Gasteiger charge is 2.27. The Morgan fingerprint density at radius 3 is 2.76 bits per heavy atom. The van der Waals surface area contributed by atoms with E-state index in [2.05, 4.69) is 10.3 Å². The molecular formula is C18H19FN2O4. The molecule has 132 valence electrons. The van der Waals surface area contributed by atoms with Crippen LogP contribution in [0.25, 0.3) is 11.3 Å². The van der Waals surface area contributed by atoms with Gasteiger partial charge in [0, 0.05) is 18.0 Å². The quantitative estimate of drug-likeness (QED) is 0.780. The molecule has 0 aliphatic heterocycles. The molecule has 3 rings (SSSR count). The molecule has 1 aliphatic rings. The SMILES string of the molecule is CC(OC(=O)CCc1ncc(-c2ccc(F)cc2)o1)C(=O)NC1CC1. The first-order valence-corrected chi connectivity index (χ1v) is 8.22. The zero-order chi connectivity index (χ0) is 17.8. The van der Waals surface area contributed by atoms with Crippen LogP contribution in [0.5, 0.6) is 0 Å². The van der Waals surface area contributed by atoms with Crippen molar-refractivity contribution in [2.24, 2.45) is 0 Å². The van der Waals surface area contributed by atoms with E-state index in [4.69, 9.17) is 9.15 Å². The summed E-state index contributed by atoms with van der Waals surface area (Å²) < 4.78 is 23.6. The molecule has 1 amide bonds. The van der Waals surface area contributed by atoms with E-state index in [1.807, 2.05) is 0 Å². The van der Waals surface area contributed by atoms with E-state index >= 15 is 0 Å². The number of halogens is 1. The lowest BCUT2D eigenvalue weighted by molar-refractivity contribution is -0.154. The maximum Gasteiger partial charge on any atom is 0.307 e. The van der Waals surface area contributed by atoms with Gasteiger partial charge in [-0.3, -0.25) is 9.59 Å². The molecule has 0 saturated heterocycles. The fourth-order valence-corrected chi connectivity index (χ4v) is 2.24. The van der Waals surface area contributed by atoms with E-state index < -0.39 is 12.1 Å². The van der Waals surface area contributed by atoms with Crippen molar-refractivity contribution in [1.29, 1.82) is 0 Å². The average Bonchev–Trinajstić information content (AvgIpc) is 3.28. The van der Waals surface area contributed by atoms with E-state index in [1.165, 1.54) is 18.3 Å². The van der Waals surface area contributed by atoms with Crippen LogP contribution >= 0.6 is 0 Å². The third-order valence-electron chi connectivity index (χ3n) is 3.83. The maximum absolute atomic E-state index is 12.9. The Hall–Kier alpha value is -2.70. The number of aromatic nitrogens is 1. The molecule has 25 heavy (non-hydrogen) atoms. The molecule has 1 aromatic carbocycles. The van der Waals surface area contributed by atoms with Crippen molar-refractivity contribution in [3.05, 3.63) is 42.2 Å². The van der Waals surface area contributed by atoms with Crippen LogP contribution in [0.4, 0.5) is 4.39 Å². The van der Waals surface area contributed by atoms with Crippen LogP contribution in [-0.2, 0) is 20.7 Å². The van der Waals surface area contributed by atoms with Crippen LogP contribution in [0.15, 0.2) is 34.9 Å². The summed E-state index contributed by atoms with van der Waals surface area (Å²) in [5.74, 6) is -0.205. The van der Waals surface area contributed by atoms with E-state index in [0.29, 0.717) is 17.2 Å². The Balaban J connectivity index is 1.47. The second kappa shape index (κ2) is 7.46. The fourth-order valence-electron chi connectivity index (χ4n) is 2.24. The highest BCUT2D eigenvalue weighted by molar-refractivity contribution is 5.83. The molecule has 7 heteroatoms. The van der Waals surface area contributed by atoms with Crippen molar-refractivity contribution in [2.75, 3.05) is 0 Å². The predicted octanol–water partition coefficient (Wildman–Crippen LogP) is 2.62. The summed E-state index contributed by atoms with van der Waals surface area (Å²) in [6, 6.07) is 6.08. The van der Waals surface area contributed by atoms with Crippen LogP contribution in [0, 0.1) is 5.82 Å². The summed E-state index contributed by atoms with van der Waals surface area (Å²) in [5, 5.41) is 2.78. The number of esters is 1. The Morgan fingerprint density at radius 1 is 1.36 bits per heavy atom. The number of carbonyl (C=O) groups excluding carboxylic acids is 2. The minimum absolute atomic E-state index is 0.0599. The van der Waals surface area contributed by atoms with Crippen molar-refractivity contribution in [3.8, 4) is 11.3 Å². The van der Waals surface area contributed by atoms with Gasteiger partial charge in [0.15, 0.2) is 17.8 Å². The Labute approximate surface area is 144 Å². The van der Waals surface area contributed by atoms with Crippen LogP contribution < -0.4 is 5.32 Å². The van der Waals surface area contributed by atoms with Crippen LogP contribution in [-0.4, -0.2) is 29.0 Å². The molecule has 1 heterocycles. The van der Waals surface area contributed by atoms with Crippen molar-refractivity contribution >= 4 is 11.9 Å². The second-order valence-electron chi connectivity index (χ2n) is 6.04. The monoisotopic (exact) mass is 346 g/mol. The lowest BCUT2D eigenvalue weighted by Crippen LogP contribution is -2.37. The number of rotatable bonds is 7. The fraction of sp³-hybridized carbons (Fsp3) is 0.389. The van der Waals surface area contributed by atoms with Crippen molar-refractivity contribution < 1.29 is 23.1 Å². The molecule has 0 radical (unpaired) electrons. The van der Waals surface area contributed by atoms with Gasteiger partial charge < -0.3 is 14.5 Å². The molecule has 1 saturated carbocycles. The van der Waals surface area contributed by atoms with Gasteiger partial charge in [-0.05, 0) is 44.0 Å². The van der Waals surface area contributed by atoms with Gasteiger partial charge in [0.25, 0.3) is 5.91 Å². The van der Waals surface area contributed by atoms with Crippen molar-refractivity contribution in [2.45, 2.75) is 44.8 Å². The molecule has 1 N–H and O–H groups in total. The van der Waals surface area contributed by atoms with Gasteiger partial charge in [-0.1, -0.05) is 0 Å². The van der Waals surface area contributed by atoms with Gasteiger partial charge in [-0.15, -0.1) is 0 Å². The lowest BCUT2D eigenvalue weighted by Gasteiger charge is -2.12. The Kier molecular flexibility index (Phi) is 5.11. The first-order valence-electron chi connectivity index (χ1n) is 8.22. The summed E-state index contributed by atoms with van der Waals surface area (Å²) in [6.07, 6.45) is 2.99. The van der Waals surface area contributed by atoms with Gasteiger partial charge >= 0.3 is 5.97 Å². The molecule has 0 bridgehead atoms. The number of amides is 1. The number of carbonyl (C=O) groups is 2. The topological polar surface area (TPSA) is 81.4 Å². The third-order valence-corrected chi connectivity index (χ3v) is 3.83. The van der Waals surface area contributed by atoms with E-state index in [9.17, 15) is 14.0 Å². The number of oxazole rings is 1. The summed E-state index contributed by atoms with van der Waals surface area (Å²) >= 11 is 0. The molecule has 1 atom stereocenters. The predicted molar refractivity (Wildman–Crippen MR) is 86.9 cm³/mol. The van der Waals surface area contributed by atoms with Crippen LogP contribution in [0.3, 0.4) is 0 Å². The van der Waals surface area contributed by atoms with Gasteiger partial charge in [0.2, 0.25) is 0 Å². The minimum Gasteiger partial charge on any atom is -0.453 e. The summed E-state index contributed by atoms with van der Waals surface area (Å²) in [6.45, 7) is 1.55. The number of ether oxygens (including phenoxy) is 1. The first kappa shape index (κ1) is 17.1. The number of hydrogen-bond donors (Lipinski definition) is 1. The molecule has 1 fully saturated rings. The molecule has 2 aromatic rings. The summed E-state index contributed by atoms with van der Waals surface area (Å²) in [4.78, 5) is 27.7. The van der Waals surface area contributed by atoms with Gasteiger partial charge in [0.1, 0.15) is 5.82 Å². The van der Waals surface area contributed by atoms with Gasteiger partial charge in [-0.2, -0.15) is 0 Å². The molecule has 1 unspecified atom stereocenters. The largest absolute Gasteiger partial charge is 0.453 e. The standard InChI is InChI=1S/C18H19FN2O4/c1-11(18(23)21-14-6-7-14)24-17(22)9-8-16-20-10-15(25-16)12-2-4-13(19)5-3-12/h2-5,10-11,14H,6-9H2,1H3,(H,21,23). The number of hydrogen-bond acceptors (Lipinski definition) is 5. The number of nitrogens with one attached hydrogen (secondary N) is 1. The van der Waals surface area contributed by atoms with E-state index in [-0.39, 0.29) is 30.6 Å². The number of nitrogens with zero attached hydrogens (tertiary/aromatic N) is 1. The minimum atomic E-state index is -0.813. The van der Waals surface area contributed by atoms with Crippen LogP contribution in [0.1, 0.15) is 32.1 Å². The van der Waals surface area contributed by atoms with Gasteiger partial charge in [0.05, 0.1) is 12.6 Å². The highest BCUT2D eigenvalue weighted by Crippen LogP contribution is 2.21.